The van der Waals surface area contributed by atoms with E-state index >= 15 is 0 Å². The number of aliphatic hydroxyl groups excluding tert-OH is 1. The molecule has 7 atom stereocenters. The van der Waals surface area contributed by atoms with Gasteiger partial charge in [-0.15, -0.1) is 11.6 Å². The summed E-state index contributed by atoms with van der Waals surface area (Å²) in [4.78, 5) is 24.3. The highest BCUT2D eigenvalue weighted by molar-refractivity contribution is 6.29. The lowest BCUT2D eigenvalue weighted by molar-refractivity contribution is -0.174. The molecule has 0 aliphatic heterocycles. The zero-order chi connectivity index (χ0) is 18.9. The average molecular weight is 379 g/mol. The van der Waals surface area contributed by atoms with Crippen molar-refractivity contribution in [3.05, 3.63) is 23.8 Å². The summed E-state index contributed by atoms with van der Waals surface area (Å²) in [6.45, 7) is 4.08. The molecule has 2 N–H and O–H groups in total. The predicted octanol–water partition coefficient (Wildman–Crippen LogP) is 2.80. The smallest absolute Gasteiger partial charge is 0.179 e. The number of hydrogen-bond donors (Lipinski definition) is 2. The van der Waals surface area contributed by atoms with E-state index in [0.717, 1.165) is 24.8 Å². The molecule has 0 radical (unpaired) electrons. The predicted molar refractivity (Wildman–Crippen MR) is 98.7 cm³/mol. The summed E-state index contributed by atoms with van der Waals surface area (Å²) in [6, 6.07) is 0. The molecule has 3 saturated carbocycles. The van der Waals surface area contributed by atoms with Crippen molar-refractivity contribution in [3.8, 4) is 0 Å². The fourth-order valence-corrected chi connectivity index (χ4v) is 7.12. The highest BCUT2D eigenvalue weighted by Crippen LogP contribution is 2.67. The molecule has 142 valence electrons. The number of rotatable bonds is 2. The number of halogens is 1. The minimum atomic E-state index is -1.44. The number of alkyl halides is 1. The van der Waals surface area contributed by atoms with E-state index in [9.17, 15) is 19.8 Å². The van der Waals surface area contributed by atoms with Crippen LogP contribution in [0.5, 0.6) is 0 Å². The SMILES string of the molecule is C[C@]12C=CC(=O)C=C1CC[C@@H]1[C@@H]2[C@@H](O)C[C@@]2(C)[C@H]1CC[C@]2(O)C(=O)CCl. The van der Waals surface area contributed by atoms with Gasteiger partial charge in [0, 0.05) is 16.7 Å². The Hall–Kier alpha value is -0.970. The van der Waals surface area contributed by atoms with Crippen molar-refractivity contribution in [2.24, 2.45) is 28.6 Å². The van der Waals surface area contributed by atoms with Crippen molar-refractivity contribution < 1.29 is 19.8 Å². The number of Topliss-reactive ketones (excluding diaryl/α,β-unsaturated/α-hetero) is 1. The number of carbonyl (C=O) groups excluding carboxylic acids is 2. The molecule has 0 amide bonds. The maximum Gasteiger partial charge on any atom is 0.179 e. The first-order valence-corrected chi connectivity index (χ1v) is 10.1. The van der Waals surface area contributed by atoms with Gasteiger partial charge >= 0.3 is 0 Å². The Morgan fingerprint density at radius 1 is 1.35 bits per heavy atom. The highest BCUT2D eigenvalue weighted by Gasteiger charge is 2.67. The van der Waals surface area contributed by atoms with Gasteiger partial charge in [0.2, 0.25) is 0 Å². The Bertz CT molecular complexity index is 728. The van der Waals surface area contributed by atoms with Crippen LogP contribution in [0.1, 0.15) is 46.0 Å². The fraction of sp³-hybridized carbons (Fsp3) is 0.714. The van der Waals surface area contributed by atoms with Crippen LogP contribution >= 0.6 is 11.6 Å². The molecule has 0 unspecified atom stereocenters. The first kappa shape index (κ1) is 18.4. The summed E-state index contributed by atoms with van der Waals surface area (Å²) < 4.78 is 0. The fourth-order valence-electron chi connectivity index (χ4n) is 6.90. The van der Waals surface area contributed by atoms with E-state index in [-0.39, 0.29) is 40.6 Å². The molecular formula is C21H27ClO4. The molecule has 4 aliphatic carbocycles. The quantitative estimate of drug-likeness (QED) is 0.724. The first-order chi connectivity index (χ1) is 12.2. The van der Waals surface area contributed by atoms with Gasteiger partial charge in [-0.3, -0.25) is 9.59 Å². The van der Waals surface area contributed by atoms with Crippen molar-refractivity contribution in [1.29, 1.82) is 0 Å². The Labute approximate surface area is 159 Å². The molecular weight excluding hydrogens is 352 g/mol. The zero-order valence-corrected chi connectivity index (χ0v) is 16.1. The van der Waals surface area contributed by atoms with E-state index in [1.807, 2.05) is 13.0 Å². The van der Waals surface area contributed by atoms with Crippen LogP contribution in [0.3, 0.4) is 0 Å². The largest absolute Gasteiger partial charge is 0.393 e. The molecule has 0 aromatic carbocycles. The number of aliphatic hydroxyl groups is 2. The van der Waals surface area contributed by atoms with Crippen LogP contribution in [-0.2, 0) is 9.59 Å². The van der Waals surface area contributed by atoms with Crippen LogP contribution in [0, 0.1) is 28.6 Å². The third kappa shape index (κ3) is 2.15. The highest BCUT2D eigenvalue weighted by atomic mass is 35.5. The van der Waals surface area contributed by atoms with E-state index < -0.39 is 17.1 Å². The van der Waals surface area contributed by atoms with Crippen LogP contribution in [-0.4, -0.2) is 39.4 Å². The van der Waals surface area contributed by atoms with E-state index in [4.69, 9.17) is 11.6 Å². The molecule has 0 aromatic rings. The van der Waals surface area contributed by atoms with Gasteiger partial charge in [0.05, 0.1) is 12.0 Å². The monoisotopic (exact) mass is 378 g/mol. The van der Waals surface area contributed by atoms with Crippen LogP contribution < -0.4 is 0 Å². The summed E-state index contributed by atoms with van der Waals surface area (Å²) in [7, 11) is 0. The lowest BCUT2D eigenvalue weighted by Gasteiger charge is -2.59. The second kappa shape index (κ2) is 5.76. The third-order valence-corrected chi connectivity index (χ3v) is 8.47. The van der Waals surface area contributed by atoms with Crippen molar-refractivity contribution in [3.63, 3.8) is 0 Å². The van der Waals surface area contributed by atoms with Gasteiger partial charge in [0.1, 0.15) is 5.60 Å². The lowest BCUT2D eigenvalue weighted by atomic mass is 9.46. The summed E-state index contributed by atoms with van der Waals surface area (Å²) in [6.07, 6.45) is 8.00. The molecule has 0 heterocycles. The Kier molecular flexibility index (Phi) is 4.08. The topological polar surface area (TPSA) is 74.6 Å². The van der Waals surface area contributed by atoms with Crippen LogP contribution in [0.2, 0.25) is 0 Å². The zero-order valence-electron chi connectivity index (χ0n) is 15.4. The molecule has 0 aromatic heterocycles. The summed E-state index contributed by atoms with van der Waals surface area (Å²) in [5.74, 6) is -0.0790. The van der Waals surface area contributed by atoms with Crippen LogP contribution in [0.15, 0.2) is 23.8 Å². The van der Waals surface area contributed by atoms with Gasteiger partial charge in [-0.1, -0.05) is 25.5 Å². The van der Waals surface area contributed by atoms with Crippen molar-refractivity contribution in [2.45, 2.75) is 57.7 Å². The summed E-state index contributed by atoms with van der Waals surface area (Å²) in [5, 5.41) is 22.4. The van der Waals surface area contributed by atoms with E-state index in [0.29, 0.717) is 12.8 Å². The number of carbonyl (C=O) groups is 2. The van der Waals surface area contributed by atoms with E-state index in [2.05, 4.69) is 6.92 Å². The Morgan fingerprint density at radius 2 is 2.08 bits per heavy atom. The molecule has 0 spiro atoms. The van der Waals surface area contributed by atoms with Gasteiger partial charge in [-0.2, -0.15) is 0 Å². The number of allylic oxidation sites excluding steroid dienone is 4. The van der Waals surface area contributed by atoms with Gasteiger partial charge < -0.3 is 10.2 Å². The second-order valence-corrected chi connectivity index (χ2v) is 9.43. The Morgan fingerprint density at radius 3 is 2.77 bits per heavy atom. The molecule has 4 aliphatic rings. The molecule has 4 nitrogen and oxygen atoms in total. The second-order valence-electron chi connectivity index (χ2n) is 9.17. The van der Waals surface area contributed by atoms with Gasteiger partial charge in [-0.25, -0.2) is 0 Å². The Balaban J connectivity index is 1.75. The maximum absolute atomic E-state index is 12.5. The molecule has 4 rings (SSSR count). The van der Waals surface area contributed by atoms with E-state index in [1.165, 1.54) is 0 Å². The van der Waals surface area contributed by atoms with Gasteiger partial charge in [0.25, 0.3) is 0 Å². The van der Waals surface area contributed by atoms with Crippen molar-refractivity contribution in [2.75, 3.05) is 5.88 Å². The first-order valence-electron chi connectivity index (χ1n) is 9.61. The molecule has 0 bridgehead atoms. The average Bonchev–Trinajstić information content (AvgIpc) is 2.86. The molecule has 5 heteroatoms. The summed E-state index contributed by atoms with van der Waals surface area (Å²) >= 11 is 5.80. The molecule has 0 saturated heterocycles. The normalized spacial score (nSPS) is 49.9. The number of fused-ring (bicyclic) bond motifs is 5. The van der Waals surface area contributed by atoms with Gasteiger partial charge in [0.15, 0.2) is 11.6 Å². The third-order valence-electron chi connectivity index (χ3n) is 8.23. The number of ketones is 2. The maximum atomic E-state index is 12.5. The van der Waals surface area contributed by atoms with Crippen LogP contribution in [0.25, 0.3) is 0 Å². The van der Waals surface area contributed by atoms with E-state index in [1.54, 1.807) is 12.2 Å². The van der Waals surface area contributed by atoms with Crippen LogP contribution in [0.4, 0.5) is 0 Å². The molecule has 3 fully saturated rings. The van der Waals surface area contributed by atoms with Gasteiger partial charge in [-0.05, 0) is 56.1 Å². The minimum Gasteiger partial charge on any atom is -0.393 e. The molecule has 26 heavy (non-hydrogen) atoms. The lowest BCUT2D eigenvalue weighted by Crippen LogP contribution is -2.61. The number of hydrogen-bond acceptors (Lipinski definition) is 4. The van der Waals surface area contributed by atoms with Crippen molar-refractivity contribution in [1.82, 2.24) is 0 Å². The van der Waals surface area contributed by atoms with Crippen molar-refractivity contribution >= 4 is 23.2 Å². The standard InChI is InChI=1S/C21H27ClO4/c1-19-7-5-13(23)9-12(19)3-4-14-15-6-8-21(26,17(25)11-22)20(15,2)10-16(24)18(14)19/h5,7,9,14-16,18,24,26H,3-4,6,8,10-11H2,1-2H3/t14-,15-,16-,18+,19-,20-,21-/m0/s1. The minimum absolute atomic E-state index is 0.0124. The summed E-state index contributed by atoms with van der Waals surface area (Å²) in [5.41, 5.74) is -1.31.